The predicted molar refractivity (Wildman–Crippen MR) is 79.4 cm³/mol. The topological polar surface area (TPSA) is 101 Å². The third-order valence-corrected chi connectivity index (χ3v) is 6.67. The molecule has 8 heteroatoms. The van der Waals surface area contributed by atoms with Gasteiger partial charge in [0.1, 0.15) is 0 Å². The number of carboxylic acid groups (broad SMARTS) is 1. The zero-order chi connectivity index (χ0) is 16.8. The van der Waals surface area contributed by atoms with Gasteiger partial charge in [-0.25, -0.2) is 13.2 Å². The summed E-state index contributed by atoms with van der Waals surface area (Å²) in [5.74, 6) is -2.39. The maximum atomic E-state index is 13.0. The van der Waals surface area contributed by atoms with Crippen LogP contribution in [-0.4, -0.2) is 49.0 Å². The van der Waals surface area contributed by atoms with Gasteiger partial charge in [0.2, 0.25) is 10.0 Å². The Hall–Kier alpha value is -1.93. The van der Waals surface area contributed by atoms with Crippen LogP contribution in [0.25, 0.3) is 0 Å². The van der Waals surface area contributed by atoms with E-state index in [0.29, 0.717) is 19.3 Å². The number of rotatable bonds is 4. The molecule has 1 aromatic rings. The number of esters is 1. The molecule has 0 radical (unpaired) electrons. The number of methoxy groups -OCH3 is 1. The summed E-state index contributed by atoms with van der Waals surface area (Å²) in [6, 6.07) is 4.97. The SMILES string of the molecule is COC(=O)c1ccccc1S(=O)(=O)N1C2CCC1C(C(=O)O)C2. The number of carbonyl (C=O) groups is 2. The summed E-state index contributed by atoms with van der Waals surface area (Å²) in [6.45, 7) is 0. The van der Waals surface area contributed by atoms with Gasteiger partial charge in [-0.2, -0.15) is 4.31 Å². The lowest BCUT2D eigenvalue weighted by Crippen LogP contribution is -2.38. The van der Waals surface area contributed by atoms with E-state index in [1.54, 1.807) is 6.07 Å². The fourth-order valence-electron chi connectivity index (χ4n) is 3.66. The van der Waals surface area contributed by atoms with Crippen LogP contribution in [0, 0.1) is 5.92 Å². The van der Waals surface area contributed by atoms with Crippen LogP contribution < -0.4 is 0 Å². The monoisotopic (exact) mass is 339 g/mol. The van der Waals surface area contributed by atoms with Gasteiger partial charge >= 0.3 is 11.9 Å². The summed E-state index contributed by atoms with van der Waals surface area (Å²) in [5.41, 5.74) is -0.0341. The van der Waals surface area contributed by atoms with Crippen molar-refractivity contribution in [2.45, 2.75) is 36.2 Å². The van der Waals surface area contributed by atoms with Crippen molar-refractivity contribution in [3.8, 4) is 0 Å². The van der Waals surface area contributed by atoms with Crippen LogP contribution in [0.15, 0.2) is 29.2 Å². The smallest absolute Gasteiger partial charge is 0.339 e. The van der Waals surface area contributed by atoms with Crippen molar-refractivity contribution in [2.24, 2.45) is 5.92 Å². The molecule has 2 heterocycles. The average molecular weight is 339 g/mol. The van der Waals surface area contributed by atoms with Crippen LogP contribution >= 0.6 is 0 Å². The molecular formula is C15H17NO6S. The molecule has 3 unspecified atom stereocenters. The van der Waals surface area contributed by atoms with Gasteiger partial charge < -0.3 is 9.84 Å². The molecule has 1 aromatic carbocycles. The summed E-state index contributed by atoms with van der Waals surface area (Å²) >= 11 is 0. The highest BCUT2D eigenvalue weighted by molar-refractivity contribution is 7.89. The van der Waals surface area contributed by atoms with Crippen molar-refractivity contribution < 1.29 is 27.9 Å². The first-order chi connectivity index (χ1) is 10.9. The molecule has 0 spiro atoms. The predicted octanol–water partition coefficient (Wildman–Crippen LogP) is 1.10. The average Bonchev–Trinajstić information content (AvgIpc) is 3.13. The molecule has 124 valence electrons. The largest absolute Gasteiger partial charge is 0.481 e. The van der Waals surface area contributed by atoms with Crippen molar-refractivity contribution in [2.75, 3.05) is 7.11 Å². The van der Waals surface area contributed by atoms with Gasteiger partial charge in [-0.1, -0.05) is 12.1 Å². The number of hydrogen-bond acceptors (Lipinski definition) is 5. The fourth-order valence-corrected chi connectivity index (χ4v) is 5.76. The van der Waals surface area contributed by atoms with Crippen LogP contribution in [0.3, 0.4) is 0 Å². The number of ether oxygens (including phenoxy) is 1. The maximum Gasteiger partial charge on any atom is 0.339 e. The maximum absolute atomic E-state index is 13.0. The van der Waals surface area contributed by atoms with Crippen LogP contribution in [-0.2, 0) is 19.6 Å². The molecule has 0 saturated carbocycles. The van der Waals surface area contributed by atoms with Crippen molar-refractivity contribution in [3.63, 3.8) is 0 Å². The van der Waals surface area contributed by atoms with E-state index >= 15 is 0 Å². The molecule has 2 aliphatic rings. The highest BCUT2D eigenvalue weighted by Crippen LogP contribution is 2.45. The quantitative estimate of drug-likeness (QED) is 0.824. The van der Waals surface area contributed by atoms with Crippen LogP contribution in [0.5, 0.6) is 0 Å². The van der Waals surface area contributed by atoms with Crippen molar-refractivity contribution in [1.82, 2.24) is 4.31 Å². The number of sulfonamides is 1. The second-order valence-electron chi connectivity index (χ2n) is 5.80. The van der Waals surface area contributed by atoms with Crippen molar-refractivity contribution in [1.29, 1.82) is 0 Å². The molecule has 23 heavy (non-hydrogen) atoms. The van der Waals surface area contributed by atoms with E-state index in [9.17, 15) is 23.1 Å². The Kier molecular flexibility index (Phi) is 3.89. The molecular weight excluding hydrogens is 322 g/mol. The highest BCUT2D eigenvalue weighted by atomic mass is 32.2. The summed E-state index contributed by atoms with van der Waals surface area (Å²) in [5, 5.41) is 9.27. The number of fused-ring (bicyclic) bond motifs is 2. The Morgan fingerprint density at radius 1 is 1.26 bits per heavy atom. The number of carboxylic acids is 1. The van der Waals surface area contributed by atoms with Crippen LogP contribution in [0.1, 0.15) is 29.6 Å². The lowest BCUT2D eigenvalue weighted by Gasteiger charge is -2.23. The van der Waals surface area contributed by atoms with E-state index in [1.165, 1.54) is 29.6 Å². The van der Waals surface area contributed by atoms with E-state index in [0.717, 1.165) is 0 Å². The van der Waals surface area contributed by atoms with E-state index < -0.39 is 33.9 Å². The lowest BCUT2D eigenvalue weighted by atomic mass is 9.89. The van der Waals surface area contributed by atoms with E-state index in [1.807, 2.05) is 0 Å². The zero-order valence-electron chi connectivity index (χ0n) is 12.5. The molecule has 3 rings (SSSR count). The first-order valence-corrected chi connectivity index (χ1v) is 8.75. The summed E-state index contributed by atoms with van der Waals surface area (Å²) in [7, 11) is -2.77. The van der Waals surface area contributed by atoms with E-state index in [-0.39, 0.29) is 16.5 Å². The van der Waals surface area contributed by atoms with Crippen molar-refractivity contribution >= 4 is 22.0 Å². The normalized spacial score (nSPS) is 27.1. The van der Waals surface area contributed by atoms with E-state index in [4.69, 9.17) is 0 Å². The Morgan fingerprint density at radius 2 is 1.96 bits per heavy atom. The first-order valence-electron chi connectivity index (χ1n) is 7.31. The molecule has 2 saturated heterocycles. The standard InChI is InChI=1S/C15H17NO6S/c1-22-15(19)10-4-2-3-5-13(10)23(20,21)16-9-6-7-12(16)11(8-9)14(17)18/h2-5,9,11-12H,6-8H2,1H3,(H,17,18). The second-order valence-corrected chi connectivity index (χ2v) is 7.61. The summed E-state index contributed by atoms with van der Waals surface area (Å²) < 4.78 is 32.0. The molecule has 1 N–H and O–H groups in total. The second kappa shape index (κ2) is 5.61. The fraction of sp³-hybridized carbons (Fsp3) is 0.467. The van der Waals surface area contributed by atoms with Gasteiger partial charge in [0, 0.05) is 12.1 Å². The van der Waals surface area contributed by atoms with Gasteiger partial charge in [-0.15, -0.1) is 0 Å². The van der Waals surface area contributed by atoms with Gasteiger partial charge in [0.25, 0.3) is 0 Å². The zero-order valence-corrected chi connectivity index (χ0v) is 13.3. The number of benzene rings is 1. The molecule has 0 aromatic heterocycles. The summed E-state index contributed by atoms with van der Waals surface area (Å²) in [6.07, 6.45) is 1.49. The number of nitrogens with zero attached hydrogens (tertiary/aromatic N) is 1. The first kappa shape index (κ1) is 15.9. The van der Waals surface area contributed by atoms with Gasteiger partial charge in [0.05, 0.1) is 23.5 Å². The number of aliphatic carboxylic acids is 1. The summed E-state index contributed by atoms with van der Waals surface area (Å²) in [4.78, 5) is 23.0. The Balaban J connectivity index is 2.04. The lowest BCUT2D eigenvalue weighted by molar-refractivity contribution is -0.142. The molecule has 2 bridgehead atoms. The van der Waals surface area contributed by atoms with Crippen LogP contribution in [0.2, 0.25) is 0 Å². The van der Waals surface area contributed by atoms with E-state index in [2.05, 4.69) is 4.74 Å². The number of carbonyl (C=O) groups excluding carboxylic acids is 1. The molecule has 3 atom stereocenters. The van der Waals surface area contributed by atoms with Crippen LogP contribution in [0.4, 0.5) is 0 Å². The number of hydrogen-bond donors (Lipinski definition) is 1. The van der Waals surface area contributed by atoms with Gasteiger partial charge in [0.15, 0.2) is 0 Å². The Bertz CT molecular complexity index is 759. The van der Waals surface area contributed by atoms with Gasteiger partial charge in [-0.3, -0.25) is 4.79 Å². The molecule has 7 nitrogen and oxygen atoms in total. The van der Waals surface area contributed by atoms with Crippen molar-refractivity contribution in [3.05, 3.63) is 29.8 Å². The van der Waals surface area contributed by atoms with Gasteiger partial charge in [-0.05, 0) is 31.4 Å². The minimum absolute atomic E-state index is 0.0341. The third-order valence-electron chi connectivity index (χ3n) is 4.64. The molecule has 2 aliphatic heterocycles. The highest BCUT2D eigenvalue weighted by Gasteiger charge is 2.54. The molecule has 2 fully saturated rings. The Labute approximate surface area is 133 Å². The third kappa shape index (κ3) is 2.42. The Morgan fingerprint density at radius 3 is 2.57 bits per heavy atom. The molecule has 0 aliphatic carbocycles. The molecule has 0 amide bonds. The minimum atomic E-state index is -3.96. The minimum Gasteiger partial charge on any atom is -0.481 e.